The van der Waals surface area contributed by atoms with Crippen molar-refractivity contribution in [3.8, 4) is 6.07 Å². The monoisotopic (exact) mass is 348 g/mol. The maximum atomic E-state index is 12.3. The van der Waals surface area contributed by atoms with E-state index in [1.807, 2.05) is 25.1 Å². The topological polar surface area (TPSA) is 94.8 Å². The molecule has 1 saturated heterocycles. The van der Waals surface area contributed by atoms with Crippen LogP contribution in [-0.4, -0.2) is 40.2 Å². The van der Waals surface area contributed by atoms with Gasteiger partial charge in [-0.3, -0.25) is 9.78 Å². The maximum absolute atomic E-state index is 12.3. The molecule has 0 radical (unpaired) electrons. The Hall–Kier alpha value is -3.27. The number of rotatable bonds is 5. The average Bonchev–Trinajstić information content (AvgIpc) is 3.10. The Bertz CT molecular complexity index is 838. The molecule has 7 heteroatoms. The van der Waals surface area contributed by atoms with Gasteiger partial charge in [0, 0.05) is 31.0 Å². The van der Waals surface area contributed by atoms with Gasteiger partial charge in [0.25, 0.3) is 0 Å². The van der Waals surface area contributed by atoms with Crippen molar-refractivity contribution in [2.24, 2.45) is 0 Å². The van der Waals surface area contributed by atoms with E-state index in [9.17, 15) is 4.79 Å². The summed E-state index contributed by atoms with van der Waals surface area (Å²) in [6.07, 6.45) is 2.84. The van der Waals surface area contributed by atoms with Crippen molar-refractivity contribution in [2.45, 2.75) is 25.8 Å². The Morgan fingerprint density at radius 1 is 1.38 bits per heavy atom. The third kappa shape index (κ3) is 4.22. The number of allylic oxidation sites excluding steroid dienone is 1. The molecule has 0 bridgehead atoms. The van der Waals surface area contributed by atoms with Crippen LogP contribution in [0.15, 0.2) is 37.0 Å². The summed E-state index contributed by atoms with van der Waals surface area (Å²) in [5.74, 6) is 0.677. The van der Waals surface area contributed by atoms with Crippen molar-refractivity contribution in [1.82, 2.24) is 20.5 Å². The number of aromatic nitrogens is 3. The van der Waals surface area contributed by atoms with Crippen molar-refractivity contribution in [3.63, 3.8) is 0 Å². The van der Waals surface area contributed by atoms with Gasteiger partial charge in [-0.25, -0.2) is 0 Å². The molecule has 1 aliphatic heterocycles. The summed E-state index contributed by atoms with van der Waals surface area (Å²) in [6.45, 7) is 7.26. The summed E-state index contributed by atoms with van der Waals surface area (Å²) >= 11 is 0. The molecule has 1 amide bonds. The van der Waals surface area contributed by atoms with Gasteiger partial charge in [-0.15, -0.1) is 10.2 Å². The van der Waals surface area contributed by atoms with Crippen molar-refractivity contribution < 1.29 is 4.79 Å². The van der Waals surface area contributed by atoms with Crippen molar-refractivity contribution in [2.75, 3.05) is 18.0 Å². The quantitative estimate of drug-likeness (QED) is 0.884. The molecular weight excluding hydrogens is 328 g/mol. The fourth-order valence-electron chi connectivity index (χ4n) is 2.86. The number of pyridine rings is 1. The van der Waals surface area contributed by atoms with E-state index < -0.39 is 0 Å². The van der Waals surface area contributed by atoms with E-state index in [1.54, 1.807) is 18.3 Å². The van der Waals surface area contributed by atoms with Crippen molar-refractivity contribution in [1.29, 1.82) is 5.26 Å². The normalized spacial score (nSPS) is 16.2. The summed E-state index contributed by atoms with van der Waals surface area (Å²) in [6, 6.07) is 9.23. The van der Waals surface area contributed by atoms with Gasteiger partial charge in [0.2, 0.25) is 5.91 Å². The van der Waals surface area contributed by atoms with Gasteiger partial charge in [-0.1, -0.05) is 12.6 Å². The fraction of sp³-hybridized carbons (Fsp3) is 0.316. The predicted molar refractivity (Wildman–Crippen MR) is 98.2 cm³/mol. The van der Waals surface area contributed by atoms with Crippen LogP contribution in [-0.2, 0) is 11.2 Å². The highest BCUT2D eigenvalue weighted by Crippen LogP contribution is 2.17. The number of nitrogens with zero attached hydrogens (tertiary/aromatic N) is 5. The summed E-state index contributed by atoms with van der Waals surface area (Å²) in [7, 11) is 0. The Balaban J connectivity index is 1.52. The van der Waals surface area contributed by atoms with Crippen LogP contribution >= 0.6 is 0 Å². The molecular formula is C19H20N6O. The van der Waals surface area contributed by atoms with Gasteiger partial charge in [0.05, 0.1) is 6.42 Å². The van der Waals surface area contributed by atoms with Gasteiger partial charge in [-0.05, 0) is 42.7 Å². The lowest BCUT2D eigenvalue weighted by molar-refractivity contribution is -0.121. The molecule has 1 N–H and O–H groups in total. The minimum atomic E-state index is -0.0432. The third-order valence-corrected chi connectivity index (χ3v) is 4.30. The minimum Gasteiger partial charge on any atom is -0.353 e. The molecule has 132 valence electrons. The van der Waals surface area contributed by atoms with Crippen molar-refractivity contribution >= 4 is 17.3 Å². The highest BCUT2D eigenvalue weighted by atomic mass is 16.1. The predicted octanol–water partition coefficient (Wildman–Crippen LogP) is 1.71. The van der Waals surface area contributed by atoms with Gasteiger partial charge >= 0.3 is 0 Å². The minimum absolute atomic E-state index is 0.0432. The number of hydrogen-bond donors (Lipinski definition) is 1. The standard InChI is InChI=1S/C19H20N6O/c1-13(2)14-3-4-15(21-11-14)9-19(26)22-17-7-8-25(12-17)18-6-5-16(10-20)23-24-18/h3-6,11,17H,1,7-9,12H2,2H3,(H,22,26)/t17-/m0/s1. The molecule has 3 rings (SSSR count). The largest absolute Gasteiger partial charge is 0.353 e. The average molecular weight is 348 g/mol. The van der Waals surface area contributed by atoms with Crippen LogP contribution in [0, 0.1) is 11.3 Å². The molecule has 0 spiro atoms. The van der Waals surface area contributed by atoms with Crippen LogP contribution in [0.3, 0.4) is 0 Å². The highest BCUT2D eigenvalue weighted by molar-refractivity contribution is 5.78. The molecule has 3 heterocycles. The van der Waals surface area contributed by atoms with E-state index in [4.69, 9.17) is 5.26 Å². The maximum Gasteiger partial charge on any atom is 0.226 e. The Kier molecular flexibility index (Phi) is 5.23. The van der Waals surface area contributed by atoms with Gasteiger partial charge in [0.1, 0.15) is 6.07 Å². The number of nitrogens with one attached hydrogen (secondary N) is 1. The second-order valence-electron chi connectivity index (χ2n) is 6.38. The highest BCUT2D eigenvalue weighted by Gasteiger charge is 2.25. The lowest BCUT2D eigenvalue weighted by atomic mass is 10.1. The van der Waals surface area contributed by atoms with Crippen molar-refractivity contribution in [3.05, 3.63) is 54.0 Å². The van der Waals surface area contributed by atoms with Gasteiger partial charge < -0.3 is 10.2 Å². The summed E-state index contributed by atoms with van der Waals surface area (Å²) in [5, 5.41) is 19.7. The first-order chi connectivity index (χ1) is 12.5. The number of amides is 1. The third-order valence-electron chi connectivity index (χ3n) is 4.30. The molecule has 0 saturated carbocycles. The second-order valence-corrected chi connectivity index (χ2v) is 6.38. The van der Waals surface area contributed by atoms with Crippen LogP contribution < -0.4 is 10.2 Å². The summed E-state index contributed by atoms with van der Waals surface area (Å²) in [4.78, 5) is 18.6. The molecule has 1 atom stereocenters. The Morgan fingerprint density at radius 2 is 2.23 bits per heavy atom. The van der Waals surface area contributed by atoms with E-state index in [0.29, 0.717) is 12.2 Å². The van der Waals surface area contributed by atoms with Gasteiger partial charge in [0.15, 0.2) is 11.5 Å². The Morgan fingerprint density at radius 3 is 2.85 bits per heavy atom. The van der Waals surface area contributed by atoms with E-state index in [0.717, 1.165) is 35.6 Å². The molecule has 0 aliphatic carbocycles. The van der Waals surface area contributed by atoms with Crippen LogP contribution in [0.5, 0.6) is 0 Å². The molecule has 1 aliphatic rings. The van der Waals surface area contributed by atoms with Gasteiger partial charge in [-0.2, -0.15) is 5.26 Å². The number of nitriles is 1. The molecule has 1 fully saturated rings. The van der Waals surface area contributed by atoms with Crippen LogP contribution in [0.2, 0.25) is 0 Å². The Labute approximate surface area is 152 Å². The first-order valence-corrected chi connectivity index (χ1v) is 8.44. The van der Waals surface area contributed by atoms with Crippen LogP contribution in [0.1, 0.15) is 30.3 Å². The van der Waals surface area contributed by atoms with Crippen LogP contribution in [0.4, 0.5) is 5.82 Å². The number of hydrogen-bond acceptors (Lipinski definition) is 6. The summed E-state index contributed by atoms with van der Waals surface area (Å²) in [5.41, 5.74) is 2.96. The van der Waals surface area contributed by atoms with E-state index in [-0.39, 0.29) is 18.4 Å². The van der Waals surface area contributed by atoms with E-state index in [1.165, 1.54) is 0 Å². The second kappa shape index (κ2) is 7.74. The first-order valence-electron chi connectivity index (χ1n) is 8.44. The first kappa shape index (κ1) is 17.5. The molecule has 0 unspecified atom stereocenters. The lowest BCUT2D eigenvalue weighted by Gasteiger charge is -2.17. The van der Waals surface area contributed by atoms with Crippen LogP contribution in [0.25, 0.3) is 5.57 Å². The zero-order valence-corrected chi connectivity index (χ0v) is 14.6. The number of carbonyl (C=O) groups excluding carboxylic acids is 1. The molecule has 2 aromatic heterocycles. The molecule has 7 nitrogen and oxygen atoms in total. The molecule has 26 heavy (non-hydrogen) atoms. The number of carbonyl (C=O) groups is 1. The SMILES string of the molecule is C=C(C)c1ccc(CC(=O)N[C@H]2CCN(c3ccc(C#N)nn3)C2)nc1. The smallest absolute Gasteiger partial charge is 0.226 e. The summed E-state index contributed by atoms with van der Waals surface area (Å²) < 4.78 is 0. The van der Waals surface area contributed by atoms with E-state index in [2.05, 4.69) is 32.0 Å². The zero-order chi connectivity index (χ0) is 18.5. The lowest BCUT2D eigenvalue weighted by Crippen LogP contribution is -2.38. The number of anilines is 1. The molecule has 2 aromatic rings. The zero-order valence-electron chi connectivity index (χ0n) is 14.6. The molecule has 0 aromatic carbocycles. The fourth-order valence-corrected chi connectivity index (χ4v) is 2.86. The van der Waals surface area contributed by atoms with E-state index >= 15 is 0 Å².